The van der Waals surface area contributed by atoms with E-state index in [4.69, 9.17) is 9.47 Å². The highest BCUT2D eigenvalue weighted by atomic mass is 32.2. The van der Waals surface area contributed by atoms with Crippen LogP contribution >= 0.6 is 0 Å². The van der Waals surface area contributed by atoms with Crippen LogP contribution in [0.25, 0.3) is 0 Å². The third kappa shape index (κ3) is 2.99. The molecular formula is C11H21NO4S. The van der Waals surface area contributed by atoms with Gasteiger partial charge in [0.15, 0.2) is 5.79 Å². The lowest BCUT2D eigenvalue weighted by atomic mass is 10.1. The molecule has 0 saturated carbocycles. The molecule has 0 aromatic carbocycles. The van der Waals surface area contributed by atoms with Crippen molar-refractivity contribution < 1.29 is 17.9 Å². The number of ether oxygens (including phenoxy) is 2. The Kier molecular flexibility index (Phi) is 4.07. The molecule has 100 valence electrons. The second-order valence-corrected chi connectivity index (χ2v) is 6.80. The predicted octanol–water partition coefficient (Wildman–Crippen LogP) is 0.955. The van der Waals surface area contributed by atoms with Gasteiger partial charge >= 0.3 is 0 Å². The van der Waals surface area contributed by atoms with Crippen LogP contribution in [0.1, 0.15) is 32.6 Å². The van der Waals surface area contributed by atoms with E-state index in [0.29, 0.717) is 32.7 Å². The van der Waals surface area contributed by atoms with E-state index in [9.17, 15) is 8.42 Å². The van der Waals surface area contributed by atoms with Crippen LogP contribution in [0.3, 0.4) is 0 Å². The molecule has 0 radical (unpaired) electrons. The zero-order valence-electron chi connectivity index (χ0n) is 10.4. The van der Waals surface area contributed by atoms with E-state index in [1.165, 1.54) is 4.31 Å². The van der Waals surface area contributed by atoms with Crippen molar-refractivity contribution in [2.75, 3.05) is 32.1 Å². The summed E-state index contributed by atoms with van der Waals surface area (Å²) in [7, 11) is -3.14. The van der Waals surface area contributed by atoms with Gasteiger partial charge in [0.1, 0.15) is 0 Å². The predicted molar refractivity (Wildman–Crippen MR) is 64.1 cm³/mol. The molecule has 17 heavy (non-hydrogen) atoms. The van der Waals surface area contributed by atoms with Gasteiger partial charge < -0.3 is 9.47 Å². The minimum atomic E-state index is -3.14. The topological polar surface area (TPSA) is 55.8 Å². The first-order chi connectivity index (χ1) is 8.08. The minimum absolute atomic E-state index is 0.236. The molecule has 2 fully saturated rings. The van der Waals surface area contributed by atoms with Gasteiger partial charge in [-0.25, -0.2) is 8.42 Å². The van der Waals surface area contributed by atoms with Crippen molar-refractivity contribution in [2.24, 2.45) is 0 Å². The molecule has 0 amide bonds. The van der Waals surface area contributed by atoms with Gasteiger partial charge in [-0.2, -0.15) is 4.31 Å². The third-order valence-corrected chi connectivity index (χ3v) is 5.25. The summed E-state index contributed by atoms with van der Waals surface area (Å²) in [6, 6.07) is 0. The van der Waals surface area contributed by atoms with Gasteiger partial charge in [0.25, 0.3) is 0 Å². The molecule has 0 bridgehead atoms. The van der Waals surface area contributed by atoms with Gasteiger partial charge in [0.2, 0.25) is 10.0 Å². The summed E-state index contributed by atoms with van der Waals surface area (Å²) in [5, 5.41) is 0. The summed E-state index contributed by atoms with van der Waals surface area (Å²) in [5.74, 6) is -0.420. The van der Waals surface area contributed by atoms with Crippen molar-refractivity contribution in [3.8, 4) is 0 Å². The number of sulfonamides is 1. The quantitative estimate of drug-likeness (QED) is 0.758. The fourth-order valence-electron chi connectivity index (χ4n) is 2.38. The standard InChI is InChI=1S/C11H21NO4S/c1-2-3-9-17(13,14)12-6-4-5-11(10-12)15-7-8-16-11/h2-10H2,1H3. The summed E-state index contributed by atoms with van der Waals surface area (Å²) < 4.78 is 36.9. The zero-order chi connectivity index (χ0) is 12.4. The molecule has 6 heteroatoms. The summed E-state index contributed by atoms with van der Waals surface area (Å²) in [6.45, 7) is 4.10. The van der Waals surface area contributed by atoms with Crippen LogP contribution in [-0.2, 0) is 19.5 Å². The van der Waals surface area contributed by atoms with E-state index >= 15 is 0 Å². The molecule has 0 unspecified atom stereocenters. The van der Waals surface area contributed by atoms with Crippen molar-refractivity contribution in [2.45, 2.75) is 38.4 Å². The van der Waals surface area contributed by atoms with Gasteiger partial charge in [-0.15, -0.1) is 0 Å². The number of hydrogen-bond acceptors (Lipinski definition) is 4. The molecule has 0 aromatic heterocycles. The van der Waals surface area contributed by atoms with Crippen LogP contribution in [0.15, 0.2) is 0 Å². The van der Waals surface area contributed by atoms with Crippen LogP contribution in [0.4, 0.5) is 0 Å². The highest BCUT2D eigenvalue weighted by molar-refractivity contribution is 7.89. The van der Waals surface area contributed by atoms with E-state index in [-0.39, 0.29) is 5.75 Å². The first kappa shape index (κ1) is 13.3. The molecule has 2 aliphatic rings. The van der Waals surface area contributed by atoms with Crippen molar-refractivity contribution in [1.29, 1.82) is 0 Å². The number of hydrogen-bond donors (Lipinski definition) is 0. The van der Waals surface area contributed by atoms with E-state index in [0.717, 1.165) is 19.3 Å². The maximum atomic E-state index is 12.1. The van der Waals surface area contributed by atoms with E-state index in [1.54, 1.807) is 0 Å². The largest absolute Gasteiger partial charge is 0.346 e. The first-order valence-electron chi connectivity index (χ1n) is 6.34. The lowest BCUT2D eigenvalue weighted by molar-refractivity contribution is -0.179. The Balaban J connectivity index is 2.01. The van der Waals surface area contributed by atoms with Crippen molar-refractivity contribution in [1.82, 2.24) is 4.31 Å². The Morgan fingerprint density at radius 2 is 2.00 bits per heavy atom. The monoisotopic (exact) mass is 263 g/mol. The van der Waals surface area contributed by atoms with Gasteiger partial charge in [-0.1, -0.05) is 13.3 Å². The molecule has 0 aromatic rings. The average molecular weight is 263 g/mol. The van der Waals surface area contributed by atoms with Crippen molar-refractivity contribution in [3.63, 3.8) is 0 Å². The third-order valence-electron chi connectivity index (χ3n) is 3.35. The fourth-order valence-corrected chi connectivity index (χ4v) is 4.09. The highest BCUT2D eigenvalue weighted by Gasteiger charge is 2.43. The Morgan fingerprint density at radius 1 is 1.29 bits per heavy atom. The van der Waals surface area contributed by atoms with Gasteiger partial charge in [0.05, 0.1) is 25.5 Å². The SMILES string of the molecule is CCCCS(=O)(=O)N1CCCC2(C1)OCCO2. The van der Waals surface area contributed by atoms with Gasteiger partial charge in [0, 0.05) is 13.0 Å². The fraction of sp³-hybridized carbons (Fsp3) is 1.00. The van der Waals surface area contributed by atoms with E-state index in [2.05, 4.69) is 0 Å². The lowest BCUT2D eigenvalue weighted by Crippen LogP contribution is -2.51. The molecule has 2 heterocycles. The second kappa shape index (κ2) is 5.22. The summed E-state index contributed by atoms with van der Waals surface area (Å²) in [6.07, 6.45) is 3.22. The van der Waals surface area contributed by atoms with Crippen molar-refractivity contribution >= 4 is 10.0 Å². The molecule has 0 N–H and O–H groups in total. The molecule has 2 saturated heterocycles. The minimum Gasteiger partial charge on any atom is -0.346 e. The molecular weight excluding hydrogens is 242 g/mol. The smallest absolute Gasteiger partial charge is 0.214 e. The molecule has 1 spiro atoms. The molecule has 2 aliphatic heterocycles. The van der Waals surface area contributed by atoms with E-state index in [1.807, 2.05) is 6.92 Å². The summed E-state index contributed by atoms with van der Waals surface area (Å²) in [5.41, 5.74) is 0. The first-order valence-corrected chi connectivity index (χ1v) is 7.95. The van der Waals surface area contributed by atoms with Crippen LogP contribution in [0.2, 0.25) is 0 Å². The maximum absolute atomic E-state index is 12.1. The number of rotatable bonds is 4. The molecule has 2 rings (SSSR count). The number of unbranched alkanes of at least 4 members (excludes halogenated alkanes) is 1. The Bertz CT molecular complexity index is 348. The molecule has 0 aliphatic carbocycles. The van der Waals surface area contributed by atoms with Gasteiger partial charge in [-0.05, 0) is 12.8 Å². The lowest BCUT2D eigenvalue weighted by Gasteiger charge is -2.37. The van der Waals surface area contributed by atoms with Crippen LogP contribution in [0.5, 0.6) is 0 Å². The number of piperidine rings is 1. The van der Waals surface area contributed by atoms with Crippen molar-refractivity contribution in [3.05, 3.63) is 0 Å². The molecule has 0 atom stereocenters. The number of nitrogens with zero attached hydrogens (tertiary/aromatic N) is 1. The Morgan fingerprint density at radius 3 is 2.65 bits per heavy atom. The maximum Gasteiger partial charge on any atom is 0.214 e. The van der Waals surface area contributed by atoms with Crippen LogP contribution in [0, 0.1) is 0 Å². The van der Waals surface area contributed by atoms with Crippen LogP contribution < -0.4 is 0 Å². The molecule has 5 nitrogen and oxygen atoms in total. The Hall–Kier alpha value is -0.170. The Labute approximate surface area is 103 Å². The van der Waals surface area contributed by atoms with Gasteiger partial charge in [-0.3, -0.25) is 0 Å². The average Bonchev–Trinajstić information content (AvgIpc) is 2.75. The summed E-state index contributed by atoms with van der Waals surface area (Å²) >= 11 is 0. The summed E-state index contributed by atoms with van der Waals surface area (Å²) in [4.78, 5) is 0. The normalized spacial score (nSPS) is 25.5. The zero-order valence-corrected chi connectivity index (χ0v) is 11.2. The van der Waals surface area contributed by atoms with Crippen LogP contribution in [-0.4, -0.2) is 50.6 Å². The highest BCUT2D eigenvalue weighted by Crippen LogP contribution is 2.31. The van der Waals surface area contributed by atoms with E-state index < -0.39 is 15.8 Å². The second-order valence-electron chi connectivity index (χ2n) is 4.71.